The molecule has 0 radical (unpaired) electrons. The van der Waals surface area contributed by atoms with Crippen molar-refractivity contribution in [3.05, 3.63) is 30.0 Å². The van der Waals surface area contributed by atoms with Gasteiger partial charge in [0.1, 0.15) is 5.60 Å². The van der Waals surface area contributed by atoms with E-state index in [9.17, 15) is 9.59 Å². The SMILES string of the molecule is CC(C)(C)OC(=O)n1cc(CC(=O)O)c2ccc(N3CCONO3)cc21. The number of ether oxygens (including phenoxy) is 1. The van der Waals surface area contributed by atoms with Crippen LogP contribution in [0.1, 0.15) is 26.3 Å². The molecule has 1 aromatic heterocycles. The quantitative estimate of drug-likeness (QED) is 0.856. The van der Waals surface area contributed by atoms with Gasteiger partial charge in [0.15, 0.2) is 0 Å². The van der Waals surface area contributed by atoms with Gasteiger partial charge in [-0.1, -0.05) is 11.7 Å². The summed E-state index contributed by atoms with van der Waals surface area (Å²) in [4.78, 5) is 33.9. The lowest BCUT2D eigenvalue weighted by atomic mass is 10.1. The van der Waals surface area contributed by atoms with Gasteiger partial charge in [-0.15, -0.1) is 0 Å². The van der Waals surface area contributed by atoms with E-state index in [-0.39, 0.29) is 6.42 Å². The van der Waals surface area contributed by atoms with Crippen LogP contribution in [0.3, 0.4) is 0 Å². The molecule has 26 heavy (non-hydrogen) atoms. The number of hydrogen-bond donors (Lipinski definition) is 2. The second-order valence-corrected chi connectivity index (χ2v) is 6.90. The molecule has 0 spiro atoms. The van der Waals surface area contributed by atoms with E-state index in [2.05, 4.69) is 5.64 Å². The summed E-state index contributed by atoms with van der Waals surface area (Å²) >= 11 is 0. The van der Waals surface area contributed by atoms with Gasteiger partial charge in [-0.3, -0.25) is 14.2 Å². The Labute approximate surface area is 149 Å². The fraction of sp³-hybridized carbons (Fsp3) is 0.412. The first-order chi connectivity index (χ1) is 12.2. The van der Waals surface area contributed by atoms with Gasteiger partial charge in [0.2, 0.25) is 0 Å². The van der Waals surface area contributed by atoms with Crippen molar-refractivity contribution >= 4 is 28.7 Å². The van der Waals surface area contributed by atoms with Gasteiger partial charge in [-0.25, -0.2) is 9.86 Å². The molecule has 1 fully saturated rings. The number of carbonyl (C=O) groups is 2. The van der Waals surface area contributed by atoms with Crippen LogP contribution in [0.4, 0.5) is 10.5 Å². The summed E-state index contributed by atoms with van der Waals surface area (Å²) in [6.07, 6.45) is 0.744. The van der Waals surface area contributed by atoms with Crippen molar-refractivity contribution in [2.45, 2.75) is 32.8 Å². The van der Waals surface area contributed by atoms with Crippen LogP contribution >= 0.6 is 0 Å². The summed E-state index contributed by atoms with van der Waals surface area (Å²) in [5, 5.41) is 11.4. The molecule has 140 valence electrons. The number of hydroxylamine groups is 1. The monoisotopic (exact) mass is 363 g/mol. The maximum atomic E-state index is 12.6. The Morgan fingerprint density at radius 2 is 2.12 bits per heavy atom. The Morgan fingerprint density at radius 1 is 1.35 bits per heavy atom. The lowest BCUT2D eigenvalue weighted by molar-refractivity contribution is -0.210. The van der Waals surface area contributed by atoms with Gasteiger partial charge in [0, 0.05) is 11.6 Å². The number of anilines is 1. The number of hydrogen-bond acceptors (Lipinski definition) is 7. The van der Waals surface area contributed by atoms with E-state index in [4.69, 9.17) is 19.6 Å². The fourth-order valence-electron chi connectivity index (χ4n) is 2.68. The van der Waals surface area contributed by atoms with Crippen molar-refractivity contribution in [2.24, 2.45) is 0 Å². The lowest BCUT2D eigenvalue weighted by Gasteiger charge is -2.27. The molecule has 3 rings (SSSR count). The molecule has 0 aliphatic carbocycles. The van der Waals surface area contributed by atoms with Crippen LogP contribution in [-0.2, 0) is 25.7 Å². The summed E-state index contributed by atoms with van der Waals surface area (Å²) in [6.45, 7) is 6.23. The van der Waals surface area contributed by atoms with Crippen LogP contribution in [-0.4, -0.2) is 40.5 Å². The van der Waals surface area contributed by atoms with E-state index >= 15 is 0 Å². The average molecular weight is 363 g/mol. The van der Waals surface area contributed by atoms with Crippen LogP contribution in [0.15, 0.2) is 24.4 Å². The molecule has 2 heterocycles. The Kier molecular flexibility index (Phi) is 4.86. The highest BCUT2D eigenvalue weighted by atomic mass is 17.0. The van der Waals surface area contributed by atoms with E-state index in [1.807, 2.05) is 0 Å². The Balaban J connectivity index is 2.05. The minimum Gasteiger partial charge on any atom is -0.481 e. The number of carbonyl (C=O) groups excluding carboxylic acids is 1. The normalized spacial score (nSPS) is 15.3. The highest BCUT2D eigenvalue weighted by molar-refractivity contribution is 5.95. The number of carboxylic acids is 1. The molecule has 0 bridgehead atoms. The standard InChI is InChI=1S/C17H21N3O6/c1-17(2,3)25-16(23)19-10-11(8-15(21)22)13-5-4-12(9-14(13)19)20-6-7-24-18-26-20/h4-5,9-10,18H,6-8H2,1-3H3,(H,21,22). The zero-order valence-electron chi connectivity index (χ0n) is 14.8. The van der Waals surface area contributed by atoms with Crippen LogP contribution in [0, 0.1) is 0 Å². The van der Waals surface area contributed by atoms with Crippen molar-refractivity contribution in [2.75, 3.05) is 18.2 Å². The van der Waals surface area contributed by atoms with Crippen molar-refractivity contribution < 1.29 is 29.2 Å². The molecule has 0 unspecified atom stereocenters. The van der Waals surface area contributed by atoms with Gasteiger partial charge >= 0.3 is 12.1 Å². The molecule has 1 aliphatic heterocycles. The molecule has 9 heteroatoms. The van der Waals surface area contributed by atoms with Crippen LogP contribution in [0.5, 0.6) is 0 Å². The van der Waals surface area contributed by atoms with Gasteiger partial charge in [0.05, 0.1) is 30.8 Å². The van der Waals surface area contributed by atoms with Gasteiger partial charge in [-0.2, -0.15) is 4.94 Å². The summed E-state index contributed by atoms with van der Waals surface area (Å²) in [6, 6.07) is 5.31. The largest absolute Gasteiger partial charge is 0.481 e. The Bertz CT molecular complexity index is 833. The Morgan fingerprint density at radius 3 is 2.73 bits per heavy atom. The number of aliphatic carboxylic acids is 1. The van der Waals surface area contributed by atoms with Crippen molar-refractivity contribution in [3.8, 4) is 0 Å². The van der Waals surface area contributed by atoms with Crippen LogP contribution in [0.25, 0.3) is 10.9 Å². The molecule has 1 aliphatic rings. The predicted molar refractivity (Wildman–Crippen MR) is 92.4 cm³/mol. The fourth-order valence-corrected chi connectivity index (χ4v) is 2.68. The molecule has 2 N–H and O–H groups in total. The zero-order valence-corrected chi connectivity index (χ0v) is 14.8. The number of fused-ring (bicyclic) bond motifs is 1. The molecule has 0 atom stereocenters. The third-order valence-electron chi connectivity index (χ3n) is 3.69. The second kappa shape index (κ2) is 6.94. The maximum Gasteiger partial charge on any atom is 0.419 e. The molecule has 0 amide bonds. The first-order valence-electron chi connectivity index (χ1n) is 8.15. The highest BCUT2D eigenvalue weighted by Gasteiger charge is 2.23. The van der Waals surface area contributed by atoms with Gasteiger partial charge in [0.25, 0.3) is 0 Å². The average Bonchev–Trinajstić information content (AvgIpc) is 2.91. The van der Waals surface area contributed by atoms with E-state index in [0.717, 1.165) is 0 Å². The number of rotatable bonds is 3. The molecule has 2 aromatic rings. The van der Waals surface area contributed by atoms with E-state index in [0.29, 0.717) is 35.3 Å². The minimum absolute atomic E-state index is 0.193. The Hall–Kier alpha value is -2.62. The van der Waals surface area contributed by atoms with Crippen LogP contribution in [0.2, 0.25) is 0 Å². The zero-order chi connectivity index (χ0) is 18.9. The van der Waals surface area contributed by atoms with Gasteiger partial charge in [-0.05, 0) is 38.5 Å². The number of aromatic nitrogens is 1. The van der Waals surface area contributed by atoms with Crippen molar-refractivity contribution in [3.63, 3.8) is 0 Å². The predicted octanol–water partition coefficient (Wildman–Crippen LogP) is 2.24. The smallest absolute Gasteiger partial charge is 0.419 e. The highest BCUT2D eigenvalue weighted by Crippen LogP contribution is 2.28. The minimum atomic E-state index is -0.974. The summed E-state index contributed by atoms with van der Waals surface area (Å²) in [5.74, 6) is -0.974. The van der Waals surface area contributed by atoms with Gasteiger partial charge < -0.3 is 9.84 Å². The number of benzene rings is 1. The summed E-state index contributed by atoms with van der Waals surface area (Å²) in [7, 11) is 0. The molecule has 0 saturated carbocycles. The third kappa shape index (κ3) is 3.96. The molecule has 9 nitrogen and oxygen atoms in total. The molecule has 1 saturated heterocycles. The maximum absolute atomic E-state index is 12.6. The second-order valence-electron chi connectivity index (χ2n) is 6.90. The van der Waals surface area contributed by atoms with Crippen molar-refractivity contribution in [1.82, 2.24) is 10.2 Å². The summed E-state index contributed by atoms with van der Waals surface area (Å²) in [5.41, 5.74) is 3.43. The first-order valence-corrected chi connectivity index (χ1v) is 8.15. The topological polar surface area (TPSA) is 102 Å². The first kappa shape index (κ1) is 18.2. The van der Waals surface area contributed by atoms with E-state index < -0.39 is 17.7 Å². The van der Waals surface area contributed by atoms with Crippen molar-refractivity contribution in [1.29, 1.82) is 0 Å². The molecular formula is C17H21N3O6. The number of nitrogens with one attached hydrogen (secondary N) is 1. The summed E-state index contributed by atoms with van der Waals surface area (Å²) < 4.78 is 6.76. The van der Waals surface area contributed by atoms with E-state index in [1.54, 1.807) is 44.0 Å². The van der Waals surface area contributed by atoms with E-state index in [1.165, 1.54) is 10.8 Å². The van der Waals surface area contributed by atoms with Crippen LogP contribution < -0.4 is 10.7 Å². The lowest BCUT2D eigenvalue weighted by Crippen LogP contribution is -2.40. The number of carboxylic acid groups (broad SMARTS) is 1. The number of nitrogens with zero attached hydrogens (tertiary/aromatic N) is 2. The third-order valence-corrected chi connectivity index (χ3v) is 3.69. The molecule has 1 aromatic carbocycles. The molecular weight excluding hydrogens is 342 g/mol.